The number of rotatable bonds is 5. The van der Waals surface area contributed by atoms with Crippen LogP contribution < -0.4 is 0 Å². The number of allylic oxidation sites excluding steroid dienone is 4. The van der Waals surface area contributed by atoms with Crippen molar-refractivity contribution in [3.05, 3.63) is 199 Å². The standard InChI is InChI=1S/C53H41N/c1-34-31-50(35(2)36(3)51(34)53-45-26-12-10-24-43(45)52(38-19-8-5-9-20-38)44-25-11-13-27-46(44)53)54-48-28-15-14-23-42(48)47-33-41(29-30-49(47)54)40-22-16-21-39(32-40)37-17-6-4-7-18-37/h4-33,36,51H,1-3H3. The maximum Gasteiger partial charge on any atom is 0.0541 e. The van der Waals surface area contributed by atoms with Crippen LogP contribution in [0.1, 0.15) is 32.3 Å². The average Bonchev–Trinajstić information content (AvgIpc) is 3.56. The molecule has 1 nitrogen and oxygen atoms in total. The molecule has 0 spiro atoms. The molecule has 8 aromatic carbocycles. The molecule has 2 unspecified atom stereocenters. The molecule has 1 aliphatic rings. The molecular weight excluding hydrogens is 651 g/mol. The summed E-state index contributed by atoms with van der Waals surface area (Å²) in [6.45, 7) is 7.16. The predicted octanol–water partition coefficient (Wildman–Crippen LogP) is 14.7. The lowest BCUT2D eigenvalue weighted by Crippen LogP contribution is -2.20. The Morgan fingerprint density at radius 3 is 1.57 bits per heavy atom. The molecule has 0 saturated carbocycles. The largest absolute Gasteiger partial charge is 0.309 e. The summed E-state index contributed by atoms with van der Waals surface area (Å²) in [7, 11) is 0. The minimum absolute atomic E-state index is 0.241. The fourth-order valence-corrected chi connectivity index (χ4v) is 9.35. The molecule has 1 aromatic heterocycles. The van der Waals surface area contributed by atoms with Gasteiger partial charge < -0.3 is 4.57 Å². The number of aromatic nitrogens is 1. The summed E-state index contributed by atoms with van der Waals surface area (Å²) in [6, 6.07) is 64.6. The van der Waals surface area contributed by atoms with Crippen LogP contribution in [0.3, 0.4) is 0 Å². The van der Waals surface area contributed by atoms with E-state index in [9.17, 15) is 0 Å². The van der Waals surface area contributed by atoms with Crippen LogP contribution in [0.25, 0.3) is 82.4 Å². The molecule has 0 saturated heterocycles. The van der Waals surface area contributed by atoms with E-state index in [2.05, 4.69) is 207 Å². The lowest BCUT2D eigenvalue weighted by molar-refractivity contribution is 0.578. The minimum atomic E-state index is 0.241. The quantitative estimate of drug-likeness (QED) is 0.158. The average molecular weight is 692 g/mol. The van der Waals surface area contributed by atoms with E-state index in [-0.39, 0.29) is 11.8 Å². The molecule has 10 rings (SSSR count). The van der Waals surface area contributed by atoms with Crippen LogP contribution in [-0.4, -0.2) is 4.57 Å². The highest BCUT2D eigenvalue weighted by Crippen LogP contribution is 2.50. The summed E-state index contributed by atoms with van der Waals surface area (Å²) >= 11 is 0. The zero-order valence-corrected chi connectivity index (χ0v) is 30.9. The van der Waals surface area contributed by atoms with Crippen molar-refractivity contribution in [1.29, 1.82) is 0 Å². The second-order valence-corrected chi connectivity index (χ2v) is 15.0. The molecule has 0 aliphatic heterocycles. The zero-order valence-electron chi connectivity index (χ0n) is 30.9. The Morgan fingerprint density at radius 2 is 0.907 bits per heavy atom. The van der Waals surface area contributed by atoms with Gasteiger partial charge in [-0.1, -0.05) is 164 Å². The van der Waals surface area contributed by atoms with Gasteiger partial charge in [0.05, 0.1) is 11.0 Å². The van der Waals surface area contributed by atoms with E-state index in [1.165, 1.54) is 99.1 Å². The summed E-state index contributed by atoms with van der Waals surface area (Å²) in [6.07, 6.45) is 2.48. The number of benzene rings is 8. The zero-order chi connectivity index (χ0) is 36.3. The number of hydrogen-bond donors (Lipinski definition) is 0. The smallest absolute Gasteiger partial charge is 0.0541 e. The van der Waals surface area contributed by atoms with Gasteiger partial charge in [-0.3, -0.25) is 0 Å². The Balaban J connectivity index is 1.13. The number of para-hydroxylation sites is 1. The highest BCUT2D eigenvalue weighted by atomic mass is 15.0. The van der Waals surface area contributed by atoms with Crippen molar-refractivity contribution in [2.24, 2.45) is 5.92 Å². The van der Waals surface area contributed by atoms with Crippen LogP contribution in [0, 0.1) is 5.92 Å². The molecule has 0 radical (unpaired) electrons. The molecule has 0 amide bonds. The Kier molecular flexibility index (Phi) is 7.70. The molecule has 2 atom stereocenters. The summed E-state index contributed by atoms with van der Waals surface area (Å²) < 4.78 is 2.52. The van der Waals surface area contributed by atoms with Gasteiger partial charge in [0.2, 0.25) is 0 Å². The van der Waals surface area contributed by atoms with Crippen LogP contribution in [0.15, 0.2) is 193 Å². The van der Waals surface area contributed by atoms with Crippen molar-refractivity contribution < 1.29 is 0 Å². The summed E-state index contributed by atoms with van der Waals surface area (Å²) in [4.78, 5) is 0. The number of fused-ring (bicyclic) bond motifs is 5. The van der Waals surface area contributed by atoms with Gasteiger partial charge in [0, 0.05) is 22.4 Å². The van der Waals surface area contributed by atoms with Crippen LogP contribution in [0.2, 0.25) is 0 Å². The van der Waals surface area contributed by atoms with Crippen LogP contribution in [0.4, 0.5) is 0 Å². The second-order valence-electron chi connectivity index (χ2n) is 15.0. The monoisotopic (exact) mass is 691 g/mol. The van der Waals surface area contributed by atoms with Crippen molar-refractivity contribution in [2.75, 3.05) is 0 Å². The molecular formula is C53H41N. The van der Waals surface area contributed by atoms with Gasteiger partial charge >= 0.3 is 0 Å². The van der Waals surface area contributed by atoms with E-state index in [1.54, 1.807) is 0 Å². The summed E-state index contributed by atoms with van der Waals surface area (Å²) in [5, 5.41) is 7.88. The first kappa shape index (κ1) is 32.2. The van der Waals surface area contributed by atoms with Crippen molar-refractivity contribution in [3.8, 4) is 33.4 Å². The van der Waals surface area contributed by atoms with Crippen molar-refractivity contribution in [2.45, 2.75) is 26.7 Å². The number of hydrogen-bond acceptors (Lipinski definition) is 0. The van der Waals surface area contributed by atoms with E-state index in [0.29, 0.717) is 0 Å². The Labute approximate surface area is 317 Å². The maximum absolute atomic E-state index is 2.52. The first-order valence-corrected chi connectivity index (χ1v) is 19.1. The van der Waals surface area contributed by atoms with E-state index < -0.39 is 0 Å². The number of nitrogens with zero attached hydrogens (tertiary/aromatic N) is 1. The van der Waals surface area contributed by atoms with Gasteiger partial charge in [-0.05, 0) is 116 Å². The van der Waals surface area contributed by atoms with Crippen LogP contribution in [-0.2, 0) is 0 Å². The molecule has 1 heteroatoms. The molecule has 1 aliphatic carbocycles. The Hall–Kier alpha value is -6.44. The van der Waals surface area contributed by atoms with Crippen molar-refractivity contribution in [3.63, 3.8) is 0 Å². The minimum Gasteiger partial charge on any atom is -0.309 e. The van der Waals surface area contributed by atoms with Crippen LogP contribution in [0.5, 0.6) is 0 Å². The van der Waals surface area contributed by atoms with Gasteiger partial charge in [-0.25, -0.2) is 0 Å². The highest BCUT2D eigenvalue weighted by molar-refractivity contribution is 6.16. The summed E-state index contributed by atoms with van der Waals surface area (Å²) in [5.74, 6) is 0.528. The fourth-order valence-electron chi connectivity index (χ4n) is 9.35. The van der Waals surface area contributed by atoms with E-state index in [4.69, 9.17) is 0 Å². The molecule has 258 valence electrons. The molecule has 54 heavy (non-hydrogen) atoms. The third-order valence-electron chi connectivity index (χ3n) is 12.0. The third kappa shape index (κ3) is 5.07. The maximum atomic E-state index is 2.52. The van der Waals surface area contributed by atoms with E-state index in [1.807, 2.05) is 0 Å². The lowest BCUT2D eigenvalue weighted by Gasteiger charge is -2.34. The first-order chi connectivity index (χ1) is 26.6. The SMILES string of the molecule is CC1=CC(n2c3ccccc3c3cc(-c4cccc(-c5ccccc5)c4)ccc32)=C(C)C(C)C1c1c2ccccc2c(-c2ccccc2)c2ccccc12. The first-order valence-electron chi connectivity index (χ1n) is 19.1. The Bertz CT molecular complexity index is 2900. The normalized spacial score (nSPS) is 16.1. The molecule has 1 heterocycles. The van der Waals surface area contributed by atoms with E-state index in [0.717, 1.165) is 0 Å². The molecule has 0 N–H and O–H groups in total. The second kappa shape index (κ2) is 12.9. The van der Waals surface area contributed by atoms with E-state index >= 15 is 0 Å². The molecule has 0 bridgehead atoms. The Morgan fingerprint density at radius 1 is 0.407 bits per heavy atom. The van der Waals surface area contributed by atoms with Gasteiger partial charge in [0.1, 0.15) is 0 Å². The van der Waals surface area contributed by atoms with Gasteiger partial charge in [0.25, 0.3) is 0 Å². The van der Waals surface area contributed by atoms with Gasteiger partial charge in [0.15, 0.2) is 0 Å². The predicted molar refractivity (Wildman–Crippen MR) is 232 cm³/mol. The van der Waals surface area contributed by atoms with Crippen molar-refractivity contribution >= 4 is 49.0 Å². The fraction of sp³-hybridized carbons (Fsp3) is 0.0943. The van der Waals surface area contributed by atoms with Crippen LogP contribution >= 0.6 is 0 Å². The molecule has 9 aromatic rings. The third-order valence-corrected chi connectivity index (χ3v) is 12.0. The molecule has 0 fully saturated rings. The topological polar surface area (TPSA) is 4.93 Å². The lowest BCUT2D eigenvalue weighted by atomic mass is 9.71. The van der Waals surface area contributed by atoms with Gasteiger partial charge in [-0.2, -0.15) is 0 Å². The summed E-state index contributed by atoms with van der Waals surface area (Å²) in [5.41, 5.74) is 15.5. The van der Waals surface area contributed by atoms with Crippen molar-refractivity contribution in [1.82, 2.24) is 4.57 Å². The van der Waals surface area contributed by atoms with Gasteiger partial charge in [-0.15, -0.1) is 0 Å². The highest BCUT2D eigenvalue weighted by Gasteiger charge is 2.32.